The monoisotopic (exact) mass is 513 g/mol. The summed E-state index contributed by atoms with van der Waals surface area (Å²) in [6.45, 7) is 0. The lowest BCUT2D eigenvalue weighted by atomic mass is 9.72. The Labute approximate surface area is 222 Å². The summed E-state index contributed by atoms with van der Waals surface area (Å²) in [5.41, 5.74) is 14.2. The van der Waals surface area contributed by atoms with Crippen LogP contribution in [0.5, 0.6) is 0 Å². The predicted molar refractivity (Wildman–Crippen MR) is 151 cm³/mol. The molecule has 38 heavy (non-hydrogen) atoms. The Balaban J connectivity index is 1.31. The van der Waals surface area contributed by atoms with E-state index in [0.29, 0.717) is 5.82 Å². The average Bonchev–Trinajstić information content (AvgIpc) is 3.67. The molecule has 0 bridgehead atoms. The van der Waals surface area contributed by atoms with Gasteiger partial charge in [0.25, 0.3) is 0 Å². The first-order valence-corrected chi connectivity index (χ1v) is 13.6. The molecule has 0 saturated heterocycles. The molecule has 0 atom stereocenters. The molecule has 184 valence electrons. The van der Waals surface area contributed by atoms with Gasteiger partial charge in [-0.1, -0.05) is 54.6 Å². The Bertz CT molecular complexity index is 1930. The molecular formula is C30H23N7S. The maximum Gasteiger partial charge on any atom is 0.194 e. The quantitative estimate of drug-likeness (QED) is 0.297. The molecule has 0 aliphatic heterocycles. The lowest BCUT2D eigenvalue weighted by Gasteiger charge is -2.38. The van der Waals surface area contributed by atoms with E-state index < -0.39 is 0 Å². The molecule has 8 rings (SSSR count). The molecule has 7 nitrogen and oxygen atoms in total. The van der Waals surface area contributed by atoms with Gasteiger partial charge in [-0.15, -0.1) is 21.5 Å². The van der Waals surface area contributed by atoms with Gasteiger partial charge in [0, 0.05) is 46.0 Å². The van der Waals surface area contributed by atoms with Gasteiger partial charge in [-0.2, -0.15) is 0 Å². The highest BCUT2D eigenvalue weighted by Gasteiger charge is 2.34. The van der Waals surface area contributed by atoms with E-state index in [-0.39, 0.29) is 5.54 Å². The predicted octanol–water partition coefficient (Wildman–Crippen LogP) is 6.33. The van der Waals surface area contributed by atoms with Crippen molar-refractivity contribution in [3.63, 3.8) is 0 Å². The number of nitrogens with two attached hydrogens (primary N) is 1. The van der Waals surface area contributed by atoms with Crippen molar-refractivity contribution in [3.8, 4) is 33.9 Å². The molecule has 0 unspecified atom stereocenters. The van der Waals surface area contributed by atoms with Gasteiger partial charge < -0.3 is 5.73 Å². The van der Waals surface area contributed by atoms with Gasteiger partial charge >= 0.3 is 0 Å². The molecule has 0 radical (unpaired) electrons. The van der Waals surface area contributed by atoms with Crippen LogP contribution in [0.2, 0.25) is 0 Å². The Morgan fingerprint density at radius 2 is 1.71 bits per heavy atom. The molecule has 5 heterocycles. The van der Waals surface area contributed by atoms with Crippen molar-refractivity contribution < 1.29 is 0 Å². The third kappa shape index (κ3) is 3.24. The van der Waals surface area contributed by atoms with Gasteiger partial charge in [0.2, 0.25) is 0 Å². The highest BCUT2D eigenvalue weighted by Crippen LogP contribution is 2.40. The van der Waals surface area contributed by atoms with Crippen LogP contribution in [0.4, 0.5) is 0 Å². The fourth-order valence-corrected chi connectivity index (χ4v) is 6.17. The second kappa shape index (κ2) is 8.05. The van der Waals surface area contributed by atoms with Crippen LogP contribution in [0.15, 0.2) is 90.7 Å². The summed E-state index contributed by atoms with van der Waals surface area (Å²) in [5, 5.41) is 12.1. The first-order valence-electron chi connectivity index (χ1n) is 12.7. The highest BCUT2D eigenvalue weighted by molar-refractivity contribution is 7.15. The Hall–Kier alpha value is -4.40. The summed E-state index contributed by atoms with van der Waals surface area (Å²) in [6.07, 6.45) is 9.26. The van der Waals surface area contributed by atoms with Crippen LogP contribution in [-0.2, 0) is 5.54 Å². The molecule has 1 saturated carbocycles. The first kappa shape index (κ1) is 21.7. The zero-order valence-electron chi connectivity index (χ0n) is 20.5. The van der Waals surface area contributed by atoms with Gasteiger partial charge in [-0.25, -0.2) is 9.97 Å². The summed E-state index contributed by atoms with van der Waals surface area (Å²) >= 11 is 1.60. The second-order valence-corrected chi connectivity index (χ2v) is 10.9. The molecular weight excluding hydrogens is 490 g/mol. The number of aromatic nitrogens is 6. The molecule has 2 aromatic carbocycles. The summed E-state index contributed by atoms with van der Waals surface area (Å²) < 4.78 is 4.01. The summed E-state index contributed by atoms with van der Waals surface area (Å²) in [6, 6.07) is 23.3. The molecule has 0 spiro atoms. The number of thiazole rings is 1. The number of imidazole rings is 1. The highest BCUT2D eigenvalue weighted by atomic mass is 32.1. The van der Waals surface area contributed by atoms with Crippen LogP contribution >= 0.6 is 11.3 Å². The molecule has 1 aliphatic carbocycles. The van der Waals surface area contributed by atoms with Crippen LogP contribution in [0.3, 0.4) is 0 Å². The number of hydrogen-bond acceptors (Lipinski definition) is 6. The van der Waals surface area contributed by atoms with Gasteiger partial charge in [0.1, 0.15) is 5.69 Å². The van der Waals surface area contributed by atoms with Crippen LogP contribution in [0.25, 0.3) is 55.4 Å². The fourth-order valence-electron chi connectivity index (χ4n) is 5.47. The lowest BCUT2D eigenvalue weighted by molar-refractivity contribution is 0.253. The minimum atomic E-state index is -0.182. The topological polar surface area (TPSA) is 86.4 Å². The third-order valence-electron chi connectivity index (χ3n) is 7.76. The maximum atomic E-state index is 6.58. The van der Waals surface area contributed by atoms with Crippen molar-refractivity contribution in [2.75, 3.05) is 0 Å². The zero-order chi connectivity index (χ0) is 25.3. The summed E-state index contributed by atoms with van der Waals surface area (Å²) in [7, 11) is 0. The van der Waals surface area contributed by atoms with Crippen LogP contribution < -0.4 is 5.73 Å². The second-order valence-electron chi connectivity index (χ2n) is 10.0. The standard InChI is InChI=1S/C30H23N7S/c31-30(12-4-13-30)21-9-7-20(8-10-21)26-22(19-5-2-1-3-6-19)17-23-24(32-26)11-14-37-27(23)34-35-28(37)25-18-36-15-16-38-29(36)33-25/h1-3,5-11,14-18H,4,12-13,31H2. The molecule has 1 aliphatic rings. The minimum absolute atomic E-state index is 0.182. The van der Waals surface area contributed by atoms with E-state index in [2.05, 4.69) is 64.8 Å². The molecule has 0 amide bonds. The maximum absolute atomic E-state index is 6.58. The number of benzene rings is 2. The lowest BCUT2D eigenvalue weighted by Crippen LogP contribution is -2.43. The number of rotatable bonds is 4. The normalized spacial score (nSPS) is 14.9. The van der Waals surface area contributed by atoms with Crippen LogP contribution in [0.1, 0.15) is 24.8 Å². The molecule has 2 N–H and O–H groups in total. The third-order valence-corrected chi connectivity index (χ3v) is 8.53. The number of fused-ring (bicyclic) bond motifs is 4. The van der Waals surface area contributed by atoms with Crippen LogP contribution in [0, 0.1) is 0 Å². The zero-order valence-corrected chi connectivity index (χ0v) is 21.3. The van der Waals surface area contributed by atoms with Gasteiger partial charge in [0.05, 0.1) is 11.2 Å². The van der Waals surface area contributed by atoms with E-state index in [9.17, 15) is 0 Å². The average molecular weight is 514 g/mol. The molecule has 5 aromatic heterocycles. The van der Waals surface area contributed by atoms with E-state index in [1.54, 1.807) is 11.3 Å². The Morgan fingerprint density at radius 1 is 0.868 bits per heavy atom. The van der Waals surface area contributed by atoms with Crippen molar-refractivity contribution in [3.05, 3.63) is 96.3 Å². The van der Waals surface area contributed by atoms with E-state index in [0.717, 1.165) is 62.4 Å². The number of pyridine rings is 2. The van der Waals surface area contributed by atoms with Crippen molar-refractivity contribution in [1.29, 1.82) is 0 Å². The van der Waals surface area contributed by atoms with Crippen molar-refractivity contribution >= 4 is 32.8 Å². The van der Waals surface area contributed by atoms with Crippen molar-refractivity contribution in [2.24, 2.45) is 5.73 Å². The van der Waals surface area contributed by atoms with Gasteiger partial charge in [-0.3, -0.25) is 8.80 Å². The SMILES string of the molecule is NC1(c2ccc(-c3nc4ccn5c(-c6cn7ccsc7n6)nnc5c4cc3-c3ccccc3)cc2)CCC1. The smallest absolute Gasteiger partial charge is 0.194 e. The van der Waals surface area contributed by atoms with Gasteiger partial charge in [0.15, 0.2) is 16.4 Å². The Morgan fingerprint density at radius 3 is 2.47 bits per heavy atom. The van der Waals surface area contributed by atoms with E-state index in [1.165, 1.54) is 12.0 Å². The van der Waals surface area contributed by atoms with E-state index in [4.69, 9.17) is 15.7 Å². The number of nitrogens with zero attached hydrogens (tertiary/aromatic N) is 6. The van der Waals surface area contributed by atoms with E-state index in [1.807, 2.05) is 44.9 Å². The molecule has 8 heteroatoms. The van der Waals surface area contributed by atoms with Crippen molar-refractivity contribution in [2.45, 2.75) is 24.8 Å². The molecule has 7 aromatic rings. The summed E-state index contributed by atoms with van der Waals surface area (Å²) in [4.78, 5) is 10.8. The largest absolute Gasteiger partial charge is 0.321 e. The fraction of sp³-hybridized carbons (Fsp3) is 0.133. The molecule has 1 fully saturated rings. The minimum Gasteiger partial charge on any atom is -0.321 e. The van der Waals surface area contributed by atoms with E-state index >= 15 is 0 Å². The van der Waals surface area contributed by atoms with Gasteiger partial charge in [-0.05, 0) is 42.5 Å². The summed E-state index contributed by atoms with van der Waals surface area (Å²) in [5.74, 6) is 0.713. The Kier molecular flexibility index (Phi) is 4.59. The van der Waals surface area contributed by atoms with Crippen LogP contribution in [-0.4, -0.2) is 29.0 Å². The number of hydrogen-bond donors (Lipinski definition) is 1. The van der Waals surface area contributed by atoms with Crippen molar-refractivity contribution in [1.82, 2.24) is 29.0 Å². The first-order chi connectivity index (χ1) is 18.7.